The molecule has 0 N–H and O–H groups in total. The molecular weight excluding hydrogens is 335 g/mol. The molecule has 0 amide bonds. The van der Waals surface area contributed by atoms with E-state index in [1.807, 2.05) is 48.5 Å². The average molecular weight is 351 g/mol. The summed E-state index contributed by atoms with van der Waals surface area (Å²) in [5, 5.41) is 1.46. The molecule has 0 fully saturated rings. The van der Waals surface area contributed by atoms with Crippen LogP contribution in [-0.4, -0.2) is 0 Å². The van der Waals surface area contributed by atoms with Crippen molar-refractivity contribution in [1.29, 1.82) is 0 Å². The van der Waals surface area contributed by atoms with Crippen LogP contribution in [0.25, 0.3) is 0 Å². The van der Waals surface area contributed by atoms with E-state index >= 15 is 0 Å². The number of halogens is 2. The second-order valence-corrected chi connectivity index (χ2v) is 6.55. The fourth-order valence-electron chi connectivity index (χ4n) is 2.54. The lowest BCUT2D eigenvalue weighted by molar-refractivity contribution is 0.700. The van der Waals surface area contributed by atoms with Crippen molar-refractivity contribution < 1.29 is 0 Å². The highest BCUT2D eigenvalue weighted by Crippen LogP contribution is 2.24. The Balaban J connectivity index is 1.86. The van der Waals surface area contributed by atoms with Crippen molar-refractivity contribution in [3.05, 3.63) is 80.8 Å². The molecule has 0 atom stereocenters. The number of hydrogen-bond donors (Lipinski definition) is 0. The highest BCUT2D eigenvalue weighted by atomic mass is 35.5. The van der Waals surface area contributed by atoms with Gasteiger partial charge in [0.1, 0.15) is 0 Å². The zero-order valence-corrected chi connectivity index (χ0v) is 14.7. The van der Waals surface area contributed by atoms with Crippen LogP contribution in [0, 0.1) is 23.7 Å². The van der Waals surface area contributed by atoms with Crippen LogP contribution in [0.3, 0.4) is 0 Å². The van der Waals surface area contributed by atoms with Crippen LogP contribution in [-0.2, 0) is 0 Å². The molecule has 0 unspecified atom stereocenters. The first-order valence-corrected chi connectivity index (χ1v) is 8.73. The topological polar surface area (TPSA) is 0 Å². The second-order valence-electron chi connectivity index (χ2n) is 5.68. The van der Waals surface area contributed by atoms with Crippen LogP contribution in [0.2, 0.25) is 10.0 Å². The van der Waals surface area contributed by atoms with E-state index < -0.39 is 0 Å². The summed E-state index contributed by atoms with van der Waals surface area (Å²) in [6, 6.07) is 15.2. The van der Waals surface area contributed by atoms with E-state index in [4.69, 9.17) is 23.2 Å². The summed E-state index contributed by atoms with van der Waals surface area (Å²) in [4.78, 5) is 0. The maximum Gasteiger partial charge on any atom is 0.0406 e. The van der Waals surface area contributed by atoms with E-state index in [2.05, 4.69) is 23.7 Å². The van der Waals surface area contributed by atoms with Crippen molar-refractivity contribution in [1.82, 2.24) is 0 Å². The summed E-state index contributed by atoms with van der Waals surface area (Å²) >= 11 is 11.8. The van der Waals surface area contributed by atoms with Gasteiger partial charge in [-0.25, -0.2) is 0 Å². The van der Waals surface area contributed by atoms with E-state index in [-0.39, 0.29) is 0 Å². The van der Waals surface area contributed by atoms with Gasteiger partial charge in [-0.1, -0.05) is 46.9 Å². The van der Waals surface area contributed by atoms with Gasteiger partial charge in [-0.15, -0.1) is 0 Å². The second kappa shape index (κ2) is 8.12. The largest absolute Gasteiger partial charge is 0.0843 e. The Morgan fingerprint density at radius 3 is 1.29 bits per heavy atom. The van der Waals surface area contributed by atoms with Crippen LogP contribution < -0.4 is 0 Å². The zero-order valence-electron chi connectivity index (χ0n) is 13.2. The van der Waals surface area contributed by atoms with Gasteiger partial charge >= 0.3 is 0 Å². The van der Waals surface area contributed by atoms with Gasteiger partial charge in [0.2, 0.25) is 0 Å². The third kappa shape index (κ3) is 4.69. The first-order valence-electron chi connectivity index (χ1n) is 7.98. The molecule has 118 valence electrons. The number of benzene rings is 2. The van der Waals surface area contributed by atoms with E-state index in [1.165, 1.54) is 12.8 Å². The lowest BCUT2D eigenvalue weighted by Gasteiger charge is -2.11. The maximum absolute atomic E-state index is 5.91. The van der Waals surface area contributed by atoms with Crippen molar-refractivity contribution in [3.8, 4) is 23.7 Å². The molecule has 3 rings (SSSR count). The summed E-state index contributed by atoms with van der Waals surface area (Å²) < 4.78 is 0. The molecule has 0 bridgehead atoms. The lowest BCUT2D eigenvalue weighted by atomic mass is 9.92. The molecule has 24 heavy (non-hydrogen) atoms. The molecule has 0 saturated heterocycles. The van der Waals surface area contributed by atoms with Crippen LogP contribution in [0.5, 0.6) is 0 Å². The Kier molecular flexibility index (Phi) is 5.66. The van der Waals surface area contributed by atoms with Gasteiger partial charge < -0.3 is 0 Å². The van der Waals surface area contributed by atoms with E-state index in [9.17, 15) is 0 Å². The summed E-state index contributed by atoms with van der Waals surface area (Å²) in [5.41, 5.74) is 4.28. The molecular formula is C22H16Cl2. The minimum atomic E-state index is 0.729. The highest BCUT2D eigenvalue weighted by molar-refractivity contribution is 6.30. The van der Waals surface area contributed by atoms with Crippen LogP contribution in [0.15, 0.2) is 59.7 Å². The highest BCUT2D eigenvalue weighted by Gasteiger charge is 2.09. The molecule has 1 aliphatic rings. The average Bonchev–Trinajstić information content (AvgIpc) is 2.61. The van der Waals surface area contributed by atoms with E-state index in [0.29, 0.717) is 0 Å². The van der Waals surface area contributed by atoms with Crippen LogP contribution in [0.1, 0.15) is 36.8 Å². The summed E-state index contributed by atoms with van der Waals surface area (Å²) in [6.45, 7) is 0. The number of rotatable bonds is 0. The van der Waals surface area contributed by atoms with Crippen molar-refractivity contribution in [2.75, 3.05) is 0 Å². The minimum Gasteiger partial charge on any atom is -0.0843 e. The Labute approximate surface area is 153 Å². The van der Waals surface area contributed by atoms with Crippen molar-refractivity contribution >= 4 is 23.2 Å². The Morgan fingerprint density at radius 2 is 0.917 bits per heavy atom. The SMILES string of the molecule is Clc1ccc(C#CC2=C(C#Cc3ccc(Cl)cc3)CCCC2)cc1. The standard InChI is InChI=1S/C22H16Cl2/c23-21-13-7-17(8-14-21)5-11-19-3-1-2-4-20(19)12-6-18-9-15-22(24)16-10-18/h7-10,13-16H,1-4H2. The molecule has 0 radical (unpaired) electrons. The monoisotopic (exact) mass is 350 g/mol. The molecule has 0 spiro atoms. The Hall–Kier alpha value is -2.12. The predicted octanol–water partition coefficient (Wildman–Crippen LogP) is 6.27. The zero-order chi connectivity index (χ0) is 16.8. The van der Waals surface area contributed by atoms with Crippen molar-refractivity contribution in [2.45, 2.75) is 25.7 Å². The van der Waals surface area contributed by atoms with Crippen molar-refractivity contribution in [3.63, 3.8) is 0 Å². The number of hydrogen-bond acceptors (Lipinski definition) is 0. The molecule has 0 heterocycles. The van der Waals surface area contributed by atoms with Crippen LogP contribution in [0.4, 0.5) is 0 Å². The summed E-state index contributed by atoms with van der Waals surface area (Å²) in [7, 11) is 0. The maximum atomic E-state index is 5.91. The molecule has 2 heteroatoms. The molecule has 0 aromatic heterocycles. The Bertz CT molecular complexity index is 789. The minimum absolute atomic E-state index is 0.729. The number of allylic oxidation sites excluding steroid dienone is 2. The first kappa shape index (κ1) is 16.7. The molecule has 0 saturated carbocycles. The normalized spacial score (nSPS) is 13.6. The molecule has 0 aliphatic heterocycles. The third-order valence-electron chi connectivity index (χ3n) is 3.87. The third-order valence-corrected chi connectivity index (χ3v) is 4.38. The first-order chi connectivity index (χ1) is 11.7. The fraction of sp³-hybridized carbons (Fsp3) is 0.182. The van der Waals surface area contributed by atoms with Gasteiger partial charge in [-0.2, -0.15) is 0 Å². The predicted molar refractivity (Wildman–Crippen MR) is 102 cm³/mol. The Morgan fingerprint density at radius 1 is 0.542 bits per heavy atom. The van der Waals surface area contributed by atoms with Gasteiger partial charge in [0.05, 0.1) is 0 Å². The van der Waals surface area contributed by atoms with Gasteiger partial charge in [-0.3, -0.25) is 0 Å². The quantitative estimate of drug-likeness (QED) is 0.491. The van der Waals surface area contributed by atoms with Crippen LogP contribution >= 0.6 is 23.2 Å². The van der Waals surface area contributed by atoms with E-state index in [1.54, 1.807) is 0 Å². The smallest absolute Gasteiger partial charge is 0.0406 e. The van der Waals surface area contributed by atoms with Gasteiger partial charge in [0.25, 0.3) is 0 Å². The summed E-state index contributed by atoms with van der Waals surface area (Å²) in [6.07, 6.45) is 4.37. The van der Waals surface area contributed by atoms with E-state index in [0.717, 1.165) is 45.2 Å². The molecule has 1 aliphatic carbocycles. The molecule has 2 aromatic carbocycles. The van der Waals surface area contributed by atoms with Crippen molar-refractivity contribution in [2.24, 2.45) is 0 Å². The fourth-order valence-corrected chi connectivity index (χ4v) is 2.79. The molecule has 0 nitrogen and oxygen atoms in total. The lowest BCUT2D eigenvalue weighted by Crippen LogP contribution is -1.97. The van der Waals surface area contributed by atoms with Gasteiger partial charge in [0, 0.05) is 32.3 Å². The van der Waals surface area contributed by atoms with Gasteiger partial charge in [-0.05, 0) is 74.2 Å². The molecule has 2 aromatic rings. The van der Waals surface area contributed by atoms with Gasteiger partial charge in [0.15, 0.2) is 0 Å². The summed E-state index contributed by atoms with van der Waals surface area (Å²) in [5.74, 6) is 13.1.